The second-order valence-corrected chi connectivity index (χ2v) is 5.84. The molecule has 1 heterocycles. The van der Waals surface area contributed by atoms with Gasteiger partial charge in [-0.1, -0.05) is 18.2 Å². The Morgan fingerprint density at radius 3 is 2.35 bits per heavy atom. The summed E-state index contributed by atoms with van der Waals surface area (Å²) in [5.74, 6) is 0. The van der Waals surface area contributed by atoms with Crippen LogP contribution in [0.15, 0.2) is 47.4 Å². The van der Waals surface area contributed by atoms with Gasteiger partial charge in [-0.15, -0.1) is 12.4 Å². The molecule has 0 bridgehead atoms. The molecule has 0 spiro atoms. The zero-order chi connectivity index (χ0) is 13.6. The predicted octanol–water partition coefficient (Wildman–Crippen LogP) is 3.48. The number of aromatic nitrogens is 1. The minimum atomic E-state index is -4.17. The third kappa shape index (κ3) is 2.18. The second kappa shape index (κ2) is 5.09. The highest BCUT2D eigenvalue weighted by atomic mass is 35.5. The second-order valence-electron chi connectivity index (χ2n) is 4.42. The number of hydrogen-bond acceptors (Lipinski definition) is 2. The average molecular weight is 312 g/mol. The number of para-hydroxylation sites is 1. The molecule has 0 aliphatic rings. The van der Waals surface area contributed by atoms with Crippen molar-refractivity contribution in [2.24, 2.45) is 0 Å². The lowest BCUT2D eigenvalue weighted by Crippen LogP contribution is -1.98. The Bertz CT molecular complexity index is 884. The van der Waals surface area contributed by atoms with Crippen molar-refractivity contribution < 1.29 is 13.0 Å². The molecule has 2 aromatic carbocycles. The number of aryl methyl sites for hydroxylation is 1. The first-order chi connectivity index (χ1) is 9.02. The van der Waals surface area contributed by atoms with E-state index >= 15 is 0 Å². The highest BCUT2D eigenvalue weighted by Crippen LogP contribution is 2.30. The van der Waals surface area contributed by atoms with Crippen LogP contribution in [-0.4, -0.2) is 17.5 Å². The molecule has 20 heavy (non-hydrogen) atoms. The van der Waals surface area contributed by atoms with E-state index in [9.17, 15) is 8.42 Å². The summed E-state index contributed by atoms with van der Waals surface area (Å²) in [7, 11) is -4.17. The van der Waals surface area contributed by atoms with Crippen LogP contribution in [0.5, 0.6) is 0 Å². The molecule has 0 saturated heterocycles. The lowest BCUT2D eigenvalue weighted by molar-refractivity contribution is 0.483. The molecule has 6 heteroatoms. The quantitative estimate of drug-likeness (QED) is 0.737. The van der Waals surface area contributed by atoms with Gasteiger partial charge in [-0.25, -0.2) is 0 Å². The van der Waals surface area contributed by atoms with Crippen LogP contribution in [0.3, 0.4) is 0 Å². The smallest absolute Gasteiger partial charge is 0.294 e. The van der Waals surface area contributed by atoms with E-state index in [1.54, 1.807) is 6.07 Å². The maximum absolute atomic E-state index is 11.2. The fraction of sp³-hybridized carbons (Fsp3) is 0.143. The van der Waals surface area contributed by atoms with Crippen molar-refractivity contribution in [3.63, 3.8) is 0 Å². The standard InChI is InChI=1S/C14H13NO3S.ClH/c1-2-15-13-6-4-3-5-11(13)12-9-10(19(16,17)18)7-8-14(12)15;/h3-9H,2H2,1H3,(H,16,17,18);1H. The van der Waals surface area contributed by atoms with E-state index in [0.717, 1.165) is 28.4 Å². The van der Waals surface area contributed by atoms with E-state index in [1.165, 1.54) is 12.1 Å². The lowest BCUT2D eigenvalue weighted by atomic mass is 10.1. The molecule has 3 aromatic rings. The molecule has 106 valence electrons. The van der Waals surface area contributed by atoms with E-state index in [0.29, 0.717) is 0 Å². The van der Waals surface area contributed by atoms with E-state index in [1.807, 2.05) is 31.2 Å². The van der Waals surface area contributed by atoms with Crippen LogP contribution in [0.25, 0.3) is 21.8 Å². The topological polar surface area (TPSA) is 59.3 Å². The Kier molecular flexibility index (Phi) is 3.77. The van der Waals surface area contributed by atoms with E-state index < -0.39 is 10.1 Å². The van der Waals surface area contributed by atoms with Gasteiger partial charge in [-0.05, 0) is 31.2 Å². The summed E-state index contributed by atoms with van der Waals surface area (Å²) in [6.07, 6.45) is 0. The van der Waals surface area contributed by atoms with Gasteiger partial charge in [0.25, 0.3) is 10.1 Å². The van der Waals surface area contributed by atoms with Crippen molar-refractivity contribution in [3.05, 3.63) is 42.5 Å². The summed E-state index contributed by atoms with van der Waals surface area (Å²) in [5, 5.41) is 1.83. The van der Waals surface area contributed by atoms with Gasteiger partial charge in [0.1, 0.15) is 0 Å². The number of benzene rings is 2. The van der Waals surface area contributed by atoms with Gasteiger partial charge in [-0.2, -0.15) is 8.42 Å². The van der Waals surface area contributed by atoms with Crippen LogP contribution in [0.2, 0.25) is 0 Å². The maximum Gasteiger partial charge on any atom is 0.294 e. The molecule has 0 saturated carbocycles. The molecule has 0 amide bonds. The van der Waals surface area contributed by atoms with E-state index in [2.05, 4.69) is 4.57 Å². The first kappa shape index (κ1) is 14.8. The Hall–Kier alpha value is -1.56. The molecular weight excluding hydrogens is 298 g/mol. The molecule has 0 atom stereocenters. The van der Waals surface area contributed by atoms with Gasteiger partial charge in [0.05, 0.1) is 4.90 Å². The molecule has 0 fully saturated rings. The molecule has 4 nitrogen and oxygen atoms in total. The fourth-order valence-corrected chi connectivity index (χ4v) is 3.04. The zero-order valence-corrected chi connectivity index (χ0v) is 12.4. The van der Waals surface area contributed by atoms with Crippen molar-refractivity contribution in [3.8, 4) is 0 Å². The highest BCUT2D eigenvalue weighted by Gasteiger charge is 2.14. The SMILES string of the molecule is CCn1c2ccccc2c2cc(S(=O)(=O)O)ccc21.Cl. The van der Waals surface area contributed by atoms with Crippen LogP contribution < -0.4 is 0 Å². The predicted molar refractivity (Wildman–Crippen MR) is 82.2 cm³/mol. The van der Waals surface area contributed by atoms with Gasteiger partial charge in [0.2, 0.25) is 0 Å². The third-order valence-corrected chi connectivity index (χ3v) is 4.21. The summed E-state index contributed by atoms with van der Waals surface area (Å²) >= 11 is 0. The van der Waals surface area contributed by atoms with E-state index in [4.69, 9.17) is 4.55 Å². The molecule has 0 unspecified atom stereocenters. The van der Waals surface area contributed by atoms with Gasteiger partial charge in [0.15, 0.2) is 0 Å². The summed E-state index contributed by atoms with van der Waals surface area (Å²) in [6, 6.07) is 12.5. The van der Waals surface area contributed by atoms with Crippen molar-refractivity contribution in [2.75, 3.05) is 0 Å². The van der Waals surface area contributed by atoms with Crippen LogP contribution in [-0.2, 0) is 16.7 Å². The number of fused-ring (bicyclic) bond motifs is 3. The molecule has 0 aliphatic carbocycles. The summed E-state index contributed by atoms with van der Waals surface area (Å²) < 4.78 is 33.7. The monoisotopic (exact) mass is 311 g/mol. The number of rotatable bonds is 2. The first-order valence-corrected chi connectivity index (χ1v) is 7.45. The molecular formula is C14H14ClNO3S. The molecule has 0 radical (unpaired) electrons. The molecule has 0 aliphatic heterocycles. The minimum absolute atomic E-state index is 0. The minimum Gasteiger partial charge on any atom is -0.341 e. The van der Waals surface area contributed by atoms with Crippen LogP contribution >= 0.6 is 12.4 Å². The van der Waals surface area contributed by atoms with Crippen molar-refractivity contribution in [1.29, 1.82) is 0 Å². The number of hydrogen-bond donors (Lipinski definition) is 1. The van der Waals surface area contributed by atoms with Gasteiger partial charge < -0.3 is 4.57 Å². The Morgan fingerprint density at radius 2 is 1.70 bits per heavy atom. The van der Waals surface area contributed by atoms with Gasteiger partial charge >= 0.3 is 0 Å². The van der Waals surface area contributed by atoms with Gasteiger partial charge in [-0.3, -0.25) is 4.55 Å². The van der Waals surface area contributed by atoms with Crippen molar-refractivity contribution >= 4 is 44.3 Å². The Morgan fingerprint density at radius 1 is 1.05 bits per heavy atom. The average Bonchev–Trinajstić information content (AvgIpc) is 2.70. The Labute approximate surface area is 123 Å². The lowest BCUT2D eigenvalue weighted by Gasteiger charge is -2.02. The van der Waals surface area contributed by atoms with Crippen LogP contribution in [0, 0.1) is 0 Å². The zero-order valence-electron chi connectivity index (χ0n) is 10.8. The molecule has 1 N–H and O–H groups in total. The highest BCUT2D eigenvalue weighted by molar-refractivity contribution is 7.85. The van der Waals surface area contributed by atoms with Crippen molar-refractivity contribution in [1.82, 2.24) is 4.57 Å². The maximum atomic E-state index is 11.2. The summed E-state index contributed by atoms with van der Waals surface area (Å²) in [5.41, 5.74) is 2.03. The van der Waals surface area contributed by atoms with Crippen LogP contribution in [0.1, 0.15) is 6.92 Å². The normalized spacial score (nSPS) is 11.7. The van der Waals surface area contributed by atoms with Crippen molar-refractivity contribution in [2.45, 2.75) is 18.4 Å². The number of nitrogens with zero attached hydrogens (tertiary/aromatic N) is 1. The summed E-state index contributed by atoms with van der Waals surface area (Å²) in [6.45, 7) is 2.85. The van der Waals surface area contributed by atoms with E-state index in [-0.39, 0.29) is 17.3 Å². The Balaban J connectivity index is 0.00000147. The third-order valence-electron chi connectivity index (χ3n) is 3.36. The molecule has 3 rings (SSSR count). The van der Waals surface area contributed by atoms with Crippen LogP contribution in [0.4, 0.5) is 0 Å². The fourth-order valence-electron chi connectivity index (χ4n) is 2.53. The largest absolute Gasteiger partial charge is 0.341 e. The van der Waals surface area contributed by atoms with Gasteiger partial charge in [0, 0.05) is 28.4 Å². The molecule has 1 aromatic heterocycles. The number of halogens is 1. The first-order valence-electron chi connectivity index (χ1n) is 6.01. The summed E-state index contributed by atoms with van der Waals surface area (Å²) in [4.78, 5) is -0.0704.